The average molecular weight is 223 g/mol. The molecule has 0 fully saturated rings. The molecule has 0 aromatic heterocycles. The fourth-order valence-electron chi connectivity index (χ4n) is 1.72. The van der Waals surface area contributed by atoms with Crippen molar-refractivity contribution in [3.63, 3.8) is 0 Å². The Balaban J connectivity index is 3.01. The second-order valence-corrected chi connectivity index (χ2v) is 4.21. The van der Waals surface area contributed by atoms with E-state index in [-0.39, 0.29) is 0 Å². The molecule has 0 N–H and O–H groups in total. The highest BCUT2D eigenvalue weighted by Crippen LogP contribution is 2.10. The summed E-state index contributed by atoms with van der Waals surface area (Å²) in [7, 11) is 0. The van der Waals surface area contributed by atoms with Crippen molar-refractivity contribution in [1.82, 2.24) is 0 Å². The van der Waals surface area contributed by atoms with E-state index < -0.39 is 0 Å². The summed E-state index contributed by atoms with van der Waals surface area (Å²) < 4.78 is 0. The minimum Gasteiger partial charge on any atom is -0.0823 e. The van der Waals surface area contributed by atoms with E-state index >= 15 is 0 Å². The minimum atomic E-state index is 1.04. The summed E-state index contributed by atoms with van der Waals surface area (Å²) in [5, 5.41) is 3.35. The van der Waals surface area contributed by atoms with Gasteiger partial charge in [0.1, 0.15) is 0 Å². The lowest BCUT2D eigenvalue weighted by atomic mass is 10.1. The molecule has 3 heteroatoms. The van der Waals surface area contributed by atoms with Crippen molar-refractivity contribution in [2.24, 2.45) is 5.11 Å². The van der Waals surface area contributed by atoms with Crippen molar-refractivity contribution in [2.45, 2.75) is 71.1 Å². The Hall–Kier alpha value is -0.950. The molecule has 0 aliphatic heterocycles. The van der Waals surface area contributed by atoms with Crippen LogP contribution in [0.5, 0.6) is 0 Å². The van der Waals surface area contributed by atoms with Gasteiger partial charge in [0.2, 0.25) is 0 Å². The van der Waals surface area contributed by atoms with Gasteiger partial charge in [0.05, 0.1) is 0 Å². The molecule has 92 valence electrons. The largest absolute Gasteiger partial charge is 0.0823 e. The van der Waals surface area contributed by atoms with Gasteiger partial charge in [0, 0.05) is 4.91 Å². The molecule has 0 spiro atoms. The van der Waals surface area contributed by atoms with Gasteiger partial charge in [-0.3, -0.25) is 0 Å². The summed E-state index contributed by atoms with van der Waals surface area (Å²) in [6, 6.07) is 0. The summed E-state index contributed by atoms with van der Waals surface area (Å²) in [5.41, 5.74) is 8.03. The molecule has 0 aliphatic rings. The Morgan fingerprint density at radius 3 is 2.06 bits per heavy atom. The maximum Gasteiger partial charge on any atom is 0.00474 e. The molecule has 0 aliphatic carbocycles. The van der Waals surface area contributed by atoms with Gasteiger partial charge in [0.25, 0.3) is 0 Å². The predicted molar refractivity (Wildman–Crippen MR) is 70.1 cm³/mol. The Bertz CT molecular complexity index is 205. The van der Waals surface area contributed by atoms with Crippen molar-refractivity contribution in [3.8, 4) is 0 Å². The Morgan fingerprint density at radius 2 is 1.50 bits per heavy atom. The number of unbranched alkanes of at least 4 members (excludes halogenated alkanes) is 9. The standard InChI is InChI=1S/C13H25N3/c1-2-3-4-5-6-7-8-9-10-11-12-13-15-16-14/h12-13H,2-11H2,1H3/b13-12-. The smallest absolute Gasteiger partial charge is 0.00474 e. The van der Waals surface area contributed by atoms with Crippen LogP contribution >= 0.6 is 0 Å². The van der Waals surface area contributed by atoms with E-state index in [1.54, 1.807) is 6.20 Å². The van der Waals surface area contributed by atoms with Gasteiger partial charge in [-0.25, -0.2) is 0 Å². The number of rotatable bonds is 11. The van der Waals surface area contributed by atoms with Crippen LogP contribution in [-0.4, -0.2) is 0 Å². The number of nitrogens with zero attached hydrogens (tertiary/aromatic N) is 3. The maximum atomic E-state index is 8.03. The summed E-state index contributed by atoms with van der Waals surface area (Å²) >= 11 is 0. The third kappa shape index (κ3) is 13.1. The summed E-state index contributed by atoms with van der Waals surface area (Å²) in [6.07, 6.45) is 16.7. The second-order valence-electron chi connectivity index (χ2n) is 4.21. The number of allylic oxidation sites excluding steroid dienone is 1. The Kier molecular flexibility index (Phi) is 13.2. The van der Waals surface area contributed by atoms with Gasteiger partial charge in [-0.15, -0.1) is 0 Å². The van der Waals surface area contributed by atoms with Crippen LogP contribution < -0.4 is 0 Å². The van der Waals surface area contributed by atoms with Crippen LogP contribution in [0.3, 0.4) is 0 Å². The third-order valence-electron chi connectivity index (χ3n) is 2.70. The lowest BCUT2D eigenvalue weighted by molar-refractivity contribution is 0.566. The van der Waals surface area contributed by atoms with Crippen LogP contribution in [-0.2, 0) is 0 Å². The van der Waals surface area contributed by atoms with Crippen molar-refractivity contribution in [2.75, 3.05) is 0 Å². The Labute approximate surface area is 99.6 Å². The van der Waals surface area contributed by atoms with Crippen molar-refractivity contribution < 1.29 is 0 Å². The third-order valence-corrected chi connectivity index (χ3v) is 2.70. The molecule has 3 nitrogen and oxygen atoms in total. The van der Waals surface area contributed by atoms with Crippen LogP contribution in [0.4, 0.5) is 0 Å². The lowest BCUT2D eigenvalue weighted by Gasteiger charge is -2.00. The van der Waals surface area contributed by atoms with E-state index in [2.05, 4.69) is 16.9 Å². The lowest BCUT2D eigenvalue weighted by Crippen LogP contribution is -1.80. The van der Waals surface area contributed by atoms with Crippen LogP contribution in [0.2, 0.25) is 0 Å². The molecule has 0 saturated heterocycles. The minimum absolute atomic E-state index is 1.04. The zero-order valence-corrected chi connectivity index (χ0v) is 10.6. The van der Waals surface area contributed by atoms with Crippen LogP contribution in [0.1, 0.15) is 71.1 Å². The molecule has 0 aromatic carbocycles. The van der Waals surface area contributed by atoms with Gasteiger partial charge in [-0.2, -0.15) is 0 Å². The topological polar surface area (TPSA) is 48.8 Å². The molecule has 0 radical (unpaired) electrons. The normalized spacial score (nSPS) is 10.6. The highest BCUT2D eigenvalue weighted by Gasteiger charge is 1.90. The van der Waals surface area contributed by atoms with Crippen molar-refractivity contribution in [3.05, 3.63) is 22.7 Å². The first-order chi connectivity index (χ1) is 7.91. The SMILES string of the molecule is CCCCCCCCCCC/C=C\N=[N+]=[N-]. The van der Waals surface area contributed by atoms with Gasteiger partial charge < -0.3 is 0 Å². The van der Waals surface area contributed by atoms with Crippen LogP contribution in [0.15, 0.2) is 17.4 Å². The zero-order valence-electron chi connectivity index (χ0n) is 10.6. The highest BCUT2D eigenvalue weighted by molar-refractivity contribution is 4.79. The molecule has 0 heterocycles. The summed E-state index contributed by atoms with van der Waals surface area (Å²) in [4.78, 5) is 2.66. The zero-order chi connectivity index (χ0) is 11.9. The molecule has 0 unspecified atom stereocenters. The molecule has 0 rings (SSSR count). The van der Waals surface area contributed by atoms with Crippen LogP contribution in [0, 0.1) is 0 Å². The highest BCUT2D eigenvalue weighted by atomic mass is 15.1. The molecule has 0 atom stereocenters. The molecule has 0 amide bonds. The number of hydrogen-bond donors (Lipinski definition) is 0. The second kappa shape index (κ2) is 14.1. The van der Waals surface area contributed by atoms with Gasteiger partial charge >= 0.3 is 0 Å². The quantitative estimate of drug-likeness (QED) is 0.186. The molecule has 0 bridgehead atoms. The van der Waals surface area contributed by atoms with E-state index in [9.17, 15) is 0 Å². The Morgan fingerprint density at radius 1 is 0.938 bits per heavy atom. The van der Waals surface area contributed by atoms with Crippen molar-refractivity contribution in [1.29, 1.82) is 0 Å². The first-order valence-electron chi connectivity index (χ1n) is 6.61. The van der Waals surface area contributed by atoms with Gasteiger partial charge in [0.15, 0.2) is 0 Å². The van der Waals surface area contributed by atoms with E-state index in [4.69, 9.17) is 5.53 Å². The number of hydrogen-bond acceptors (Lipinski definition) is 1. The summed E-state index contributed by atoms with van der Waals surface area (Å²) in [6.45, 7) is 2.25. The van der Waals surface area contributed by atoms with Crippen LogP contribution in [0.25, 0.3) is 10.4 Å². The van der Waals surface area contributed by atoms with Gasteiger partial charge in [-0.1, -0.05) is 69.5 Å². The molecule has 16 heavy (non-hydrogen) atoms. The van der Waals surface area contributed by atoms with E-state index in [0.29, 0.717) is 0 Å². The predicted octanol–water partition coefficient (Wildman–Crippen LogP) is 5.73. The van der Waals surface area contributed by atoms with E-state index in [1.807, 2.05) is 6.08 Å². The first-order valence-corrected chi connectivity index (χ1v) is 6.61. The summed E-state index contributed by atoms with van der Waals surface area (Å²) in [5.74, 6) is 0. The monoisotopic (exact) mass is 223 g/mol. The molecular formula is C13H25N3. The van der Waals surface area contributed by atoms with Gasteiger partial charge in [-0.05, 0) is 24.6 Å². The average Bonchev–Trinajstić information content (AvgIpc) is 2.31. The van der Waals surface area contributed by atoms with E-state index in [1.165, 1.54) is 57.8 Å². The molecular weight excluding hydrogens is 198 g/mol. The fourth-order valence-corrected chi connectivity index (χ4v) is 1.72. The first kappa shape index (κ1) is 15.0. The molecule has 0 aromatic rings. The van der Waals surface area contributed by atoms with Crippen molar-refractivity contribution >= 4 is 0 Å². The maximum absolute atomic E-state index is 8.03. The number of azide groups is 1. The van der Waals surface area contributed by atoms with E-state index in [0.717, 1.165) is 6.42 Å². The fraction of sp³-hybridized carbons (Fsp3) is 0.846. The molecule has 0 saturated carbocycles.